The number of carbonyl (C=O) groups is 1. The molecule has 0 fully saturated rings. The Kier molecular flexibility index (Phi) is 6.57. The molecule has 106 valence electrons. The largest absolute Gasteiger partial charge is 0.354 e. The van der Waals surface area contributed by atoms with Gasteiger partial charge in [0, 0.05) is 12.5 Å². The third-order valence-corrected chi connectivity index (χ3v) is 3.43. The highest BCUT2D eigenvalue weighted by molar-refractivity contribution is 5.77. The fraction of sp³-hybridized carbons (Fsp3) is 0.562. The molecule has 1 atom stereocenters. The fourth-order valence-electron chi connectivity index (χ4n) is 2.20. The van der Waals surface area contributed by atoms with E-state index in [1.54, 1.807) is 0 Å². The minimum absolute atomic E-state index is 0.0353. The zero-order valence-electron chi connectivity index (χ0n) is 12.5. The maximum atomic E-state index is 11.7. The number of benzene rings is 1. The van der Waals surface area contributed by atoms with E-state index in [1.165, 1.54) is 5.56 Å². The molecule has 19 heavy (non-hydrogen) atoms. The van der Waals surface area contributed by atoms with Gasteiger partial charge in [0.1, 0.15) is 0 Å². The van der Waals surface area contributed by atoms with Gasteiger partial charge in [0.2, 0.25) is 5.91 Å². The molecule has 0 unspecified atom stereocenters. The number of carbonyl (C=O) groups excluding carboxylic acids is 1. The van der Waals surface area contributed by atoms with E-state index in [-0.39, 0.29) is 17.9 Å². The highest BCUT2D eigenvalue weighted by Crippen LogP contribution is 2.19. The first kappa shape index (κ1) is 15.7. The van der Waals surface area contributed by atoms with Gasteiger partial charge in [0.05, 0.1) is 6.04 Å². The molecule has 0 spiro atoms. The van der Waals surface area contributed by atoms with Gasteiger partial charge in [0.25, 0.3) is 0 Å². The first-order chi connectivity index (χ1) is 9.10. The van der Waals surface area contributed by atoms with Crippen molar-refractivity contribution >= 4 is 5.91 Å². The summed E-state index contributed by atoms with van der Waals surface area (Å²) in [6.45, 7) is 10.8. The van der Waals surface area contributed by atoms with Crippen molar-refractivity contribution in [2.75, 3.05) is 19.6 Å². The van der Waals surface area contributed by atoms with Crippen LogP contribution in [0.5, 0.6) is 0 Å². The van der Waals surface area contributed by atoms with Crippen LogP contribution in [0, 0.1) is 5.92 Å². The maximum Gasteiger partial charge on any atom is 0.222 e. The van der Waals surface area contributed by atoms with Crippen LogP contribution in [0.3, 0.4) is 0 Å². The number of nitrogens with zero attached hydrogens (tertiary/aromatic N) is 1. The van der Waals surface area contributed by atoms with Crippen LogP contribution in [-0.4, -0.2) is 30.4 Å². The molecule has 0 bridgehead atoms. The van der Waals surface area contributed by atoms with E-state index in [1.807, 2.05) is 19.9 Å². The van der Waals surface area contributed by atoms with Crippen molar-refractivity contribution in [1.29, 1.82) is 0 Å². The van der Waals surface area contributed by atoms with Crippen LogP contribution in [0.2, 0.25) is 0 Å². The number of likely N-dealkylation sites (N-methyl/N-ethyl adjacent to an activating group) is 1. The quantitative estimate of drug-likeness (QED) is 0.819. The Morgan fingerprint density at radius 3 is 2.21 bits per heavy atom. The molecule has 1 rings (SSSR count). The standard InChI is InChI=1S/C16H26N2O/c1-5-18(6-2)15(12-17-16(19)13(3)4)14-10-8-7-9-11-14/h7-11,13,15H,5-6,12H2,1-4H3,(H,17,19)/t15-/m1/s1. The summed E-state index contributed by atoms with van der Waals surface area (Å²) < 4.78 is 0. The van der Waals surface area contributed by atoms with E-state index in [0.29, 0.717) is 6.54 Å². The topological polar surface area (TPSA) is 32.3 Å². The average molecular weight is 262 g/mol. The van der Waals surface area contributed by atoms with Gasteiger partial charge in [0.15, 0.2) is 0 Å². The van der Waals surface area contributed by atoms with Gasteiger partial charge in [-0.05, 0) is 18.7 Å². The van der Waals surface area contributed by atoms with Gasteiger partial charge in [-0.1, -0.05) is 58.0 Å². The number of nitrogens with one attached hydrogen (secondary N) is 1. The Morgan fingerprint density at radius 2 is 1.74 bits per heavy atom. The van der Waals surface area contributed by atoms with Crippen LogP contribution in [-0.2, 0) is 4.79 Å². The smallest absolute Gasteiger partial charge is 0.222 e. The van der Waals surface area contributed by atoms with E-state index in [2.05, 4.69) is 48.3 Å². The molecule has 3 heteroatoms. The Labute approximate surface area is 117 Å². The minimum Gasteiger partial charge on any atom is -0.354 e. The molecule has 0 radical (unpaired) electrons. The normalized spacial score (nSPS) is 12.7. The number of rotatable bonds is 7. The predicted octanol–water partition coefficient (Wildman–Crippen LogP) is 2.84. The van der Waals surface area contributed by atoms with Crippen molar-refractivity contribution in [2.24, 2.45) is 5.92 Å². The summed E-state index contributed by atoms with van der Waals surface area (Å²) >= 11 is 0. The molecule has 0 aliphatic carbocycles. The molecule has 1 aromatic carbocycles. The fourth-order valence-corrected chi connectivity index (χ4v) is 2.20. The maximum absolute atomic E-state index is 11.7. The minimum atomic E-state index is 0.0353. The van der Waals surface area contributed by atoms with E-state index in [4.69, 9.17) is 0 Å². The molecule has 1 aromatic rings. The Hall–Kier alpha value is -1.35. The Morgan fingerprint density at radius 1 is 1.16 bits per heavy atom. The van der Waals surface area contributed by atoms with Gasteiger partial charge >= 0.3 is 0 Å². The van der Waals surface area contributed by atoms with Crippen LogP contribution in [0.1, 0.15) is 39.3 Å². The summed E-state index contributed by atoms with van der Waals surface area (Å²) in [7, 11) is 0. The summed E-state index contributed by atoms with van der Waals surface area (Å²) in [5.74, 6) is 0.154. The molecule has 1 N–H and O–H groups in total. The SMILES string of the molecule is CCN(CC)[C@H](CNC(=O)C(C)C)c1ccccc1. The van der Waals surface area contributed by atoms with Crippen molar-refractivity contribution in [1.82, 2.24) is 10.2 Å². The molecule has 0 aromatic heterocycles. The number of hydrogen-bond donors (Lipinski definition) is 1. The molecule has 0 saturated carbocycles. The van der Waals surface area contributed by atoms with Crippen LogP contribution >= 0.6 is 0 Å². The van der Waals surface area contributed by atoms with E-state index in [9.17, 15) is 4.79 Å². The zero-order chi connectivity index (χ0) is 14.3. The summed E-state index contributed by atoms with van der Waals surface area (Å²) in [5.41, 5.74) is 1.26. The van der Waals surface area contributed by atoms with Crippen LogP contribution < -0.4 is 5.32 Å². The van der Waals surface area contributed by atoms with Gasteiger partial charge in [-0.15, -0.1) is 0 Å². The summed E-state index contributed by atoms with van der Waals surface area (Å²) in [6, 6.07) is 10.6. The first-order valence-corrected chi connectivity index (χ1v) is 7.16. The van der Waals surface area contributed by atoms with Crippen molar-refractivity contribution in [3.05, 3.63) is 35.9 Å². The Balaban J connectivity index is 2.79. The van der Waals surface area contributed by atoms with E-state index < -0.39 is 0 Å². The van der Waals surface area contributed by atoms with E-state index >= 15 is 0 Å². The van der Waals surface area contributed by atoms with Gasteiger partial charge in [-0.25, -0.2) is 0 Å². The lowest BCUT2D eigenvalue weighted by molar-refractivity contribution is -0.124. The van der Waals surface area contributed by atoms with Crippen molar-refractivity contribution in [2.45, 2.75) is 33.7 Å². The molecule has 3 nitrogen and oxygen atoms in total. The molecule has 0 aliphatic rings. The highest BCUT2D eigenvalue weighted by Gasteiger charge is 2.19. The third-order valence-electron chi connectivity index (χ3n) is 3.43. The molecule has 0 saturated heterocycles. The highest BCUT2D eigenvalue weighted by atomic mass is 16.1. The predicted molar refractivity (Wildman–Crippen MR) is 80.0 cm³/mol. The zero-order valence-corrected chi connectivity index (χ0v) is 12.5. The summed E-state index contributed by atoms with van der Waals surface area (Å²) in [6.07, 6.45) is 0. The summed E-state index contributed by atoms with van der Waals surface area (Å²) in [5, 5.41) is 3.05. The second kappa shape index (κ2) is 7.95. The van der Waals surface area contributed by atoms with Crippen LogP contribution in [0.15, 0.2) is 30.3 Å². The number of hydrogen-bond acceptors (Lipinski definition) is 2. The monoisotopic (exact) mass is 262 g/mol. The van der Waals surface area contributed by atoms with Crippen molar-refractivity contribution in [3.63, 3.8) is 0 Å². The molecule has 0 heterocycles. The van der Waals surface area contributed by atoms with Crippen LogP contribution in [0.25, 0.3) is 0 Å². The molecule has 0 aliphatic heterocycles. The molecule has 1 amide bonds. The Bertz CT molecular complexity index is 372. The molecular formula is C16H26N2O. The lowest BCUT2D eigenvalue weighted by Crippen LogP contribution is -2.39. The first-order valence-electron chi connectivity index (χ1n) is 7.16. The van der Waals surface area contributed by atoms with Crippen LogP contribution in [0.4, 0.5) is 0 Å². The van der Waals surface area contributed by atoms with Gasteiger partial charge < -0.3 is 5.32 Å². The lowest BCUT2D eigenvalue weighted by atomic mass is 10.0. The average Bonchev–Trinajstić information content (AvgIpc) is 2.43. The van der Waals surface area contributed by atoms with E-state index in [0.717, 1.165) is 13.1 Å². The number of amides is 1. The van der Waals surface area contributed by atoms with Crippen molar-refractivity contribution < 1.29 is 4.79 Å². The molecular weight excluding hydrogens is 236 g/mol. The second-order valence-corrected chi connectivity index (χ2v) is 5.05. The second-order valence-electron chi connectivity index (χ2n) is 5.05. The lowest BCUT2D eigenvalue weighted by Gasteiger charge is -2.30. The van der Waals surface area contributed by atoms with Crippen molar-refractivity contribution in [3.8, 4) is 0 Å². The summed E-state index contributed by atoms with van der Waals surface area (Å²) in [4.78, 5) is 14.1. The van der Waals surface area contributed by atoms with Gasteiger partial charge in [-0.2, -0.15) is 0 Å². The van der Waals surface area contributed by atoms with Gasteiger partial charge in [-0.3, -0.25) is 9.69 Å². The third kappa shape index (κ3) is 4.67.